The molecule has 1 unspecified atom stereocenters. The lowest BCUT2D eigenvalue weighted by Gasteiger charge is -2.06. The highest BCUT2D eigenvalue weighted by atomic mass is 17.1. The fourth-order valence-corrected chi connectivity index (χ4v) is 1.11. The summed E-state index contributed by atoms with van der Waals surface area (Å²) < 4.78 is 0. The van der Waals surface area contributed by atoms with Gasteiger partial charge in [0, 0.05) is 6.42 Å². The molecule has 0 radical (unpaired) electrons. The van der Waals surface area contributed by atoms with Crippen molar-refractivity contribution in [3.05, 3.63) is 0 Å². The lowest BCUT2D eigenvalue weighted by molar-refractivity contribution is -0.238. The maximum atomic E-state index is 10.7. The summed E-state index contributed by atoms with van der Waals surface area (Å²) in [5, 5.41) is 16.4. The van der Waals surface area contributed by atoms with Crippen LogP contribution in [0.25, 0.3) is 0 Å². The molecule has 0 bridgehead atoms. The van der Waals surface area contributed by atoms with E-state index >= 15 is 0 Å². The monoisotopic (exact) mass is 204 g/mol. The molecule has 0 aliphatic heterocycles. The molecular formula is C9H16O5. The zero-order chi connectivity index (χ0) is 11.0. The van der Waals surface area contributed by atoms with Crippen molar-refractivity contribution >= 4 is 11.9 Å². The lowest BCUT2D eigenvalue weighted by Crippen LogP contribution is -2.12. The van der Waals surface area contributed by atoms with Crippen molar-refractivity contribution in [1.29, 1.82) is 0 Å². The first-order valence-corrected chi connectivity index (χ1v) is 4.65. The average molecular weight is 204 g/mol. The second-order valence-corrected chi connectivity index (χ2v) is 3.30. The Kier molecular flexibility index (Phi) is 6.74. The minimum atomic E-state index is -0.798. The van der Waals surface area contributed by atoms with Crippen LogP contribution in [-0.2, 0) is 14.5 Å². The van der Waals surface area contributed by atoms with Gasteiger partial charge in [0.2, 0.25) is 0 Å². The standard InChI is InChI=1S/C9H16O5/c1-7(9(12)14-13)5-3-2-4-6-8(10)11/h7,13H,2-6H2,1H3,(H,10,11). The molecule has 0 rings (SSSR count). The molecule has 1 atom stereocenters. The zero-order valence-corrected chi connectivity index (χ0v) is 8.23. The van der Waals surface area contributed by atoms with Gasteiger partial charge in [-0.25, -0.2) is 4.79 Å². The van der Waals surface area contributed by atoms with Gasteiger partial charge in [-0.2, -0.15) is 5.26 Å². The van der Waals surface area contributed by atoms with E-state index in [9.17, 15) is 9.59 Å². The Hall–Kier alpha value is -1.10. The van der Waals surface area contributed by atoms with Gasteiger partial charge in [0.05, 0.1) is 5.92 Å². The number of carboxylic acids is 1. The van der Waals surface area contributed by atoms with E-state index in [1.807, 2.05) is 0 Å². The van der Waals surface area contributed by atoms with Crippen LogP contribution in [0.5, 0.6) is 0 Å². The zero-order valence-electron chi connectivity index (χ0n) is 8.23. The summed E-state index contributed by atoms with van der Waals surface area (Å²) in [5.41, 5.74) is 0. The van der Waals surface area contributed by atoms with Crippen molar-refractivity contribution in [1.82, 2.24) is 0 Å². The fourth-order valence-electron chi connectivity index (χ4n) is 1.11. The van der Waals surface area contributed by atoms with E-state index in [0.29, 0.717) is 12.8 Å². The second-order valence-electron chi connectivity index (χ2n) is 3.30. The minimum absolute atomic E-state index is 0.166. The maximum Gasteiger partial charge on any atom is 0.344 e. The molecule has 0 aliphatic carbocycles. The summed E-state index contributed by atoms with van der Waals surface area (Å²) in [6.07, 6.45) is 2.94. The molecule has 0 fully saturated rings. The number of carboxylic acid groups (broad SMARTS) is 1. The number of carbonyl (C=O) groups excluding carboxylic acids is 1. The Morgan fingerprint density at radius 1 is 1.29 bits per heavy atom. The highest BCUT2D eigenvalue weighted by Crippen LogP contribution is 2.11. The normalized spacial score (nSPS) is 12.1. The highest BCUT2D eigenvalue weighted by molar-refractivity contribution is 5.71. The molecule has 14 heavy (non-hydrogen) atoms. The van der Waals surface area contributed by atoms with Crippen molar-refractivity contribution in [2.45, 2.75) is 39.0 Å². The van der Waals surface area contributed by atoms with Crippen LogP contribution in [0, 0.1) is 5.92 Å². The largest absolute Gasteiger partial charge is 0.481 e. The molecular weight excluding hydrogens is 188 g/mol. The van der Waals surface area contributed by atoms with Gasteiger partial charge in [0.1, 0.15) is 0 Å². The van der Waals surface area contributed by atoms with Crippen LogP contribution in [0.15, 0.2) is 0 Å². The van der Waals surface area contributed by atoms with Crippen LogP contribution in [0.3, 0.4) is 0 Å². The van der Waals surface area contributed by atoms with Crippen molar-refractivity contribution in [2.75, 3.05) is 0 Å². The Morgan fingerprint density at radius 3 is 2.43 bits per heavy atom. The van der Waals surface area contributed by atoms with E-state index in [-0.39, 0.29) is 12.3 Å². The first-order chi connectivity index (χ1) is 6.57. The molecule has 0 aromatic rings. The predicted octanol–water partition coefficient (Wildman–Crippen LogP) is 1.67. The van der Waals surface area contributed by atoms with Gasteiger partial charge < -0.3 is 9.99 Å². The van der Waals surface area contributed by atoms with E-state index < -0.39 is 11.9 Å². The lowest BCUT2D eigenvalue weighted by atomic mass is 10.0. The van der Waals surface area contributed by atoms with E-state index in [4.69, 9.17) is 10.4 Å². The number of rotatable bonds is 7. The van der Waals surface area contributed by atoms with Gasteiger partial charge in [-0.05, 0) is 12.8 Å². The summed E-state index contributed by atoms with van der Waals surface area (Å²) in [4.78, 5) is 24.4. The summed E-state index contributed by atoms with van der Waals surface area (Å²) in [6.45, 7) is 1.66. The summed E-state index contributed by atoms with van der Waals surface area (Å²) in [5.74, 6) is -1.76. The Morgan fingerprint density at radius 2 is 1.93 bits per heavy atom. The minimum Gasteiger partial charge on any atom is -0.481 e. The molecule has 0 aromatic heterocycles. The predicted molar refractivity (Wildman–Crippen MR) is 48.6 cm³/mol. The van der Waals surface area contributed by atoms with E-state index in [1.165, 1.54) is 0 Å². The Bertz CT molecular complexity index is 190. The third kappa shape index (κ3) is 6.42. The molecule has 0 aliphatic rings. The number of hydrogen-bond acceptors (Lipinski definition) is 4. The van der Waals surface area contributed by atoms with Gasteiger partial charge in [-0.15, -0.1) is 0 Å². The molecule has 0 aromatic carbocycles. The second kappa shape index (κ2) is 7.32. The van der Waals surface area contributed by atoms with E-state index in [1.54, 1.807) is 6.92 Å². The van der Waals surface area contributed by atoms with Gasteiger partial charge in [0.25, 0.3) is 0 Å². The number of unbranched alkanes of at least 4 members (excludes halogenated alkanes) is 2. The number of carbonyl (C=O) groups is 2. The smallest absolute Gasteiger partial charge is 0.344 e. The van der Waals surface area contributed by atoms with Crippen molar-refractivity contribution in [2.24, 2.45) is 5.92 Å². The molecule has 2 N–H and O–H groups in total. The fraction of sp³-hybridized carbons (Fsp3) is 0.778. The van der Waals surface area contributed by atoms with Crippen molar-refractivity contribution < 1.29 is 24.8 Å². The van der Waals surface area contributed by atoms with Crippen molar-refractivity contribution in [3.8, 4) is 0 Å². The third-order valence-corrected chi connectivity index (χ3v) is 2.02. The maximum absolute atomic E-state index is 10.7. The molecule has 82 valence electrons. The van der Waals surface area contributed by atoms with Gasteiger partial charge >= 0.3 is 11.9 Å². The van der Waals surface area contributed by atoms with Gasteiger partial charge in [0.15, 0.2) is 0 Å². The van der Waals surface area contributed by atoms with Crippen LogP contribution in [0.2, 0.25) is 0 Å². The van der Waals surface area contributed by atoms with Crippen LogP contribution < -0.4 is 0 Å². The molecule has 0 heterocycles. The molecule has 0 amide bonds. The summed E-state index contributed by atoms with van der Waals surface area (Å²) in [7, 11) is 0. The van der Waals surface area contributed by atoms with Crippen LogP contribution in [0.1, 0.15) is 39.0 Å². The van der Waals surface area contributed by atoms with Crippen LogP contribution in [0.4, 0.5) is 0 Å². The molecule has 0 spiro atoms. The van der Waals surface area contributed by atoms with E-state index in [2.05, 4.69) is 4.89 Å². The van der Waals surface area contributed by atoms with Gasteiger partial charge in [-0.3, -0.25) is 4.79 Å². The first kappa shape index (κ1) is 12.9. The number of hydrogen-bond donors (Lipinski definition) is 2. The topological polar surface area (TPSA) is 83.8 Å². The van der Waals surface area contributed by atoms with Crippen molar-refractivity contribution in [3.63, 3.8) is 0 Å². The SMILES string of the molecule is CC(CCCCCC(=O)O)C(=O)OO. The molecule has 5 nitrogen and oxygen atoms in total. The van der Waals surface area contributed by atoms with Crippen LogP contribution in [-0.4, -0.2) is 22.3 Å². The summed E-state index contributed by atoms with van der Waals surface area (Å²) in [6, 6.07) is 0. The van der Waals surface area contributed by atoms with Crippen LogP contribution >= 0.6 is 0 Å². The Balaban J connectivity index is 3.36. The molecule has 0 saturated heterocycles. The Labute approximate surface area is 82.6 Å². The highest BCUT2D eigenvalue weighted by Gasteiger charge is 2.13. The first-order valence-electron chi connectivity index (χ1n) is 4.65. The third-order valence-electron chi connectivity index (χ3n) is 2.02. The van der Waals surface area contributed by atoms with E-state index in [0.717, 1.165) is 12.8 Å². The number of aliphatic carboxylic acids is 1. The van der Waals surface area contributed by atoms with Gasteiger partial charge in [-0.1, -0.05) is 19.8 Å². The molecule has 5 heteroatoms. The molecule has 0 saturated carbocycles. The summed E-state index contributed by atoms with van der Waals surface area (Å²) >= 11 is 0. The average Bonchev–Trinajstić information content (AvgIpc) is 2.15. The quantitative estimate of drug-likeness (QED) is 0.374.